The Morgan fingerprint density at radius 1 is 1.41 bits per heavy atom. The van der Waals surface area contributed by atoms with E-state index in [-0.39, 0.29) is 12.3 Å². The van der Waals surface area contributed by atoms with E-state index in [0.717, 1.165) is 0 Å². The van der Waals surface area contributed by atoms with Gasteiger partial charge in [0.25, 0.3) is 0 Å². The summed E-state index contributed by atoms with van der Waals surface area (Å²) in [5, 5.41) is 32.9. The number of methoxy groups -OCH3 is 1. The lowest BCUT2D eigenvalue weighted by Crippen LogP contribution is -2.52. The summed E-state index contributed by atoms with van der Waals surface area (Å²) >= 11 is 0. The fraction of sp³-hybridized carbons (Fsp3) is 0.700. The van der Waals surface area contributed by atoms with Crippen LogP contribution in [0, 0.1) is 28.6 Å². The summed E-state index contributed by atoms with van der Waals surface area (Å²) in [6.45, 7) is 5.53. The molecule has 5 aliphatic rings. The second kappa shape index (κ2) is 4.64. The van der Waals surface area contributed by atoms with E-state index in [4.69, 9.17) is 9.47 Å². The topological polar surface area (TPSA) is 113 Å². The van der Waals surface area contributed by atoms with Gasteiger partial charge in [0.2, 0.25) is 0 Å². The van der Waals surface area contributed by atoms with Crippen LogP contribution in [0.4, 0.5) is 0 Å². The van der Waals surface area contributed by atoms with Crippen molar-refractivity contribution >= 4 is 11.9 Å². The molecule has 9 atom stereocenters. The molecule has 7 heteroatoms. The smallest absolute Gasteiger partial charge is 0.316 e. The number of esters is 2. The molecule has 0 aromatic heterocycles. The predicted octanol–water partition coefficient (Wildman–Crippen LogP) is 0.0863. The van der Waals surface area contributed by atoms with Crippen molar-refractivity contribution in [2.45, 2.75) is 49.6 Å². The fourth-order valence-electron chi connectivity index (χ4n) is 7.27. The van der Waals surface area contributed by atoms with E-state index < -0.39 is 58.0 Å². The molecular formula is C20H24O7. The van der Waals surface area contributed by atoms with Gasteiger partial charge in [0.1, 0.15) is 11.0 Å². The van der Waals surface area contributed by atoms with Crippen molar-refractivity contribution in [2.75, 3.05) is 7.11 Å². The highest BCUT2D eigenvalue weighted by atomic mass is 16.6. The van der Waals surface area contributed by atoms with Gasteiger partial charge in [-0.2, -0.15) is 0 Å². The highest BCUT2D eigenvalue weighted by molar-refractivity contribution is 5.87. The number of ether oxygens (including phenoxy) is 2. The molecule has 1 spiro atoms. The van der Waals surface area contributed by atoms with Gasteiger partial charge < -0.3 is 24.8 Å². The summed E-state index contributed by atoms with van der Waals surface area (Å²) in [5.74, 6) is -3.05. The summed E-state index contributed by atoms with van der Waals surface area (Å²) in [6.07, 6.45) is 2.06. The molecule has 27 heavy (non-hydrogen) atoms. The largest absolute Gasteiger partial charge is 0.469 e. The van der Waals surface area contributed by atoms with Crippen molar-refractivity contribution in [2.24, 2.45) is 28.6 Å². The second-order valence-corrected chi connectivity index (χ2v) is 9.15. The maximum absolute atomic E-state index is 13.0. The van der Waals surface area contributed by atoms with Gasteiger partial charge in [-0.25, -0.2) is 0 Å². The van der Waals surface area contributed by atoms with Crippen molar-refractivity contribution in [3.8, 4) is 0 Å². The summed E-state index contributed by atoms with van der Waals surface area (Å²) < 4.78 is 11.0. The van der Waals surface area contributed by atoms with Crippen molar-refractivity contribution in [3.05, 3.63) is 24.3 Å². The van der Waals surface area contributed by atoms with E-state index in [2.05, 4.69) is 6.58 Å². The number of rotatable bonds is 1. The van der Waals surface area contributed by atoms with Gasteiger partial charge in [-0.3, -0.25) is 9.59 Å². The van der Waals surface area contributed by atoms with Gasteiger partial charge in [0.15, 0.2) is 0 Å². The Balaban J connectivity index is 1.81. The highest BCUT2D eigenvalue weighted by Gasteiger charge is 2.85. The van der Waals surface area contributed by atoms with Crippen LogP contribution in [0.3, 0.4) is 0 Å². The Hall–Kier alpha value is -1.70. The van der Waals surface area contributed by atoms with Gasteiger partial charge in [0.05, 0.1) is 30.8 Å². The summed E-state index contributed by atoms with van der Waals surface area (Å²) in [5.41, 5.74) is -4.40. The van der Waals surface area contributed by atoms with Gasteiger partial charge in [-0.15, -0.1) is 0 Å². The maximum Gasteiger partial charge on any atom is 0.316 e. The van der Waals surface area contributed by atoms with Crippen LogP contribution in [-0.4, -0.2) is 57.8 Å². The Morgan fingerprint density at radius 2 is 2.11 bits per heavy atom. The van der Waals surface area contributed by atoms with Gasteiger partial charge in [-0.05, 0) is 37.8 Å². The minimum absolute atomic E-state index is 0.167. The first kappa shape index (κ1) is 17.4. The first-order chi connectivity index (χ1) is 12.6. The number of carbonyl (C=O) groups is 2. The Kier molecular flexibility index (Phi) is 2.99. The molecule has 0 unspecified atom stereocenters. The van der Waals surface area contributed by atoms with Gasteiger partial charge >= 0.3 is 11.9 Å². The quantitative estimate of drug-likeness (QED) is 0.439. The van der Waals surface area contributed by atoms with E-state index in [1.165, 1.54) is 7.11 Å². The summed E-state index contributed by atoms with van der Waals surface area (Å²) in [7, 11) is 1.27. The van der Waals surface area contributed by atoms with Crippen LogP contribution in [-0.2, 0) is 19.1 Å². The molecule has 3 saturated carbocycles. The lowest BCUT2D eigenvalue weighted by molar-refractivity contribution is -0.169. The Morgan fingerprint density at radius 3 is 2.78 bits per heavy atom. The van der Waals surface area contributed by atoms with E-state index in [9.17, 15) is 24.9 Å². The standard InChI is InChI=1S/C20H24O7/c1-9-14(22)19-8-18(9,25)6-4-10(19)20-7-5-11(21)17(2,16(24)27-20)13(20)12(19)15(23)26-3/h5,7,10-14,21-22,25H,1,4,6,8H2,2-3H3/t10-,11+,12-,13-,14-,17-,18+,19-,20-/m1/s1. The number of aliphatic hydroxyl groups is 3. The first-order valence-electron chi connectivity index (χ1n) is 9.38. The zero-order valence-electron chi connectivity index (χ0n) is 15.3. The predicted molar refractivity (Wildman–Crippen MR) is 90.9 cm³/mol. The number of hydrogen-bond donors (Lipinski definition) is 3. The Labute approximate surface area is 156 Å². The third kappa shape index (κ3) is 1.52. The zero-order chi connectivity index (χ0) is 19.6. The number of aliphatic hydroxyl groups excluding tert-OH is 2. The molecule has 5 rings (SSSR count). The molecule has 0 amide bonds. The normalized spacial score (nSPS) is 57.3. The van der Waals surface area contributed by atoms with Crippen molar-refractivity contribution < 1.29 is 34.4 Å². The SMILES string of the molecule is C=C1[C@@H](O)[C@]23C[C@@]1(O)CC[C@H]2[C@@]12C=C[C@H](O)[C@@](C)(C(=O)O1)[C@H]2[C@@H]3C(=O)OC. The van der Waals surface area contributed by atoms with Crippen LogP contribution < -0.4 is 0 Å². The molecule has 0 aromatic rings. The zero-order valence-corrected chi connectivity index (χ0v) is 15.3. The molecule has 0 radical (unpaired) electrons. The fourth-order valence-corrected chi connectivity index (χ4v) is 7.27. The van der Waals surface area contributed by atoms with E-state index in [1.807, 2.05) is 0 Å². The molecule has 146 valence electrons. The molecule has 4 aliphatic carbocycles. The Bertz CT molecular complexity index is 819. The van der Waals surface area contributed by atoms with E-state index in [1.54, 1.807) is 19.1 Å². The lowest BCUT2D eigenvalue weighted by atomic mass is 9.60. The third-order valence-electron chi connectivity index (χ3n) is 8.44. The number of fused-ring (bicyclic) bond motifs is 1. The van der Waals surface area contributed by atoms with Crippen LogP contribution in [0.15, 0.2) is 24.3 Å². The van der Waals surface area contributed by atoms with Crippen LogP contribution in [0.5, 0.6) is 0 Å². The number of carbonyl (C=O) groups excluding carboxylic acids is 2. The van der Waals surface area contributed by atoms with Gasteiger partial charge in [-0.1, -0.05) is 12.7 Å². The van der Waals surface area contributed by atoms with Gasteiger partial charge in [0, 0.05) is 17.3 Å². The monoisotopic (exact) mass is 376 g/mol. The first-order valence-corrected chi connectivity index (χ1v) is 9.38. The summed E-state index contributed by atoms with van der Waals surface area (Å²) in [6, 6.07) is 0. The highest BCUT2D eigenvalue weighted by Crippen LogP contribution is 2.77. The average molecular weight is 376 g/mol. The van der Waals surface area contributed by atoms with Crippen molar-refractivity contribution in [1.82, 2.24) is 0 Å². The third-order valence-corrected chi connectivity index (χ3v) is 8.44. The molecular weight excluding hydrogens is 352 g/mol. The van der Waals surface area contributed by atoms with Crippen molar-refractivity contribution in [3.63, 3.8) is 0 Å². The van der Waals surface area contributed by atoms with Crippen LogP contribution >= 0.6 is 0 Å². The number of hydrogen-bond acceptors (Lipinski definition) is 7. The van der Waals surface area contributed by atoms with Crippen LogP contribution in [0.1, 0.15) is 26.2 Å². The van der Waals surface area contributed by atoms with E-state index >= 15 is 0 Å². The van der Waals surface area contributed by atoms with Crippen molar-refractivity contribution in [1.29, 1.82) is 0 Å². The minimum atomic E-state index is -1.32. The molecule has 0 aromatic carbocycles. The molecule has 3 N–H and O–H groups in total. The van der Waals surface area contributed by atoms with Crippen LogP contribution in [0.2, 0.25) is 0 Å². The average Bonchev–Trinajstić information content (AvgIpc) is 3.04. The molecule has 4 fully saturated rings. The molecule has 1 saturated heterocycles. The molecule has 1 heterocycles. The minimum Gasteiger partial charge on any atom is -0.469 e. The van der Waals surface area contributed by atoms with E-state index in [0.29, 0.717) is 18.4 Å². The molecule has 7 nitrogen and oxygen atoms in total. The summed E-state index contributed by atoms with van der Waals surface area (Å²) in [4.78, 5) is 25.9. The molecule has 1 aliphatic heterocycles. The maximum atomic E-state index is 13.0. The molecule has 4 bridgehead atoms. The lowest BCUT2D eigenvalue weighted by Gasteiger charge is -2.45. The second-order valence-electron chi connectivity index (χ2n) is 9.15. The van der Waals surface area contributed by atoms with Crippen LogP contribution in [0.25, 0.3) is 0 Å².